The van der Waals surface area contributed by atoms with E-state index in [1.165, 1.54) is 113 Å². The van der Waals surface area contributed by atoms with Crippen LogP contribution in [0.4, 0.5) is 0 Å². The van der Waals surface area contributed by atoms with Gasteiger partial charge in [-0.05, 0) is 127 Å². The second-order valence-electron chi connectivity index (χ2n) is 29.4. The van der Waals surface area contributed by atoms with Crippen molar-refractivity contribution in [2.75, 3.05) is 67.4 Å². The molecule has 1 aliphatic rings. The molecule has 0 saturated carbocycles. The van der Waals surface area contributed by atoms with E-state index >= 15 is 33.6 Å². The van der Waals surface area contributed by atoms with E-state index in [4.69, 9.17) is 0 Å². The van der Waals surface area contributed by atoms with Gasteiger partial charge in [0.25, 0.3) is 0 Å². The molecule has 1 fully saturated rings. The van der Waals surface area contributed by atoms with Crippen molar-refractivity contribution in [3.63, 3.8) is 0 Å². The summed E-state index contributed by atoms with van der Waals surface area (Å²) in [5.74, 6) is -10.1. The van der Waals surface area contributed by atoms with Crippen molar-refractivity contribution in [2.45, 2.75) is 261 Å². The Balaban J connectivity index is 4.60. The molecule has 0 aromatic rings. The molecule has 552 valence electrons. The predicted molar refractivity (Wildman–Crippen MR) is 376 cm³/mol. The molecule has 1 rings (SSSR count). The van der Waals surface area contributed by atoms with Gasteiger partial charge in [0, 0.05) is 68.1 Å². The van der Waals surface area contributed by atoms with Crippen LogP contribution in [0.1, 0.15) is 182 Å². The lowest BCUT2D eigenvalue weighted by atomic mass is 9.91. The minimum absolute atomic E-state index is 0.0326. The van der Waals surface area contributed by atoms with Crippen LogP contribution in [0.25, 0.3) is 0 Å². The molecule has 7 N–H and O–H groups in total. The number of amides is 11. The number of rotatable bonds is 23. The first-order valence-electron chi connectivity index (χ1n) is 34.7. The molecule has 0 unspecified atom stereocenters. The number of thioether (sulfide) groups is 1. The maximum atomic E-state index is 15.4. The van der Waals surface area contributed by atoms with Gasteiger partial charge in [-0.15, -0.1) is 0 Å². The zero-order valence-electron chi connectivity index (χ0n) is 63.0. The molecule has 0 spiro atoms. The third-order valence-corrected chi connectivity index (χ3v) is 19.4. The van der Waals surface area contributed by atoms with E-state index in [0.29, 0.717) is 12.2 Å². The molecule has 14 atom stereocenters. The second kappa shape index (κ2) is 40.9. The topological polar surface area (TPSA) is 319 Å². The molecule has 0 aromatic carbocycles. The minimum atomic E-state index is -1.67. The van der Waals surface area contributed by atoms with Crippen molar-refractivity contribution in [1.29, 1.82) is 0 Å². The molecule has 1 heterocycles. The van der Waals surface area contributed by atoms with Crippen LogP contribution in [0, 0.1) is 41.4 Å². The van der Waals surface area contributed by atoms with Crippen LogP contribution in [-0.4, -0.2) is 260 Å². The van der Waals surface area contributed by atoms with Gasteiger partial charge >= 0.3 is 0 Å². The van der Waals surface area contributed by atoms with E-state index in [9.17, 15) is 34.5 Å². The van der Waals surface area contributed by atoms with Gasteiger partial charge in [0.05, 0.1) is 11.7 Å². The molecular weight excluding hydrogens is 1250 g/mol. The Labute approximate surface area is 579 Å². The summed E-state index contributed by atoms with van der Waals surface area (Å²) in [7, 11) is 9.81. The molecule has 0 aromatic heterocycles. The lowest BCUT2D eigenvalue weighted by Gasteiger charge is -2.41. The lowest BCUT2D eigenvalue weighted by molar-refractivity contribution is -0.157. The van der Waals surface area contributed by atoms with Gasteiger partial charge in [-0.2, -0.15) is 11.8 Å². The van der Waals surface area contributed by atoms with Crippen molar-refractivity contribution in [2.24, 2.45) is 41.4 Å². The number of hydrogen-bond acceptors (Lipinski definition) is 15. The fraction of sp³-hybridized carbons (Fsp3) is 0.814. The Morgan fingerprint density at radius 3 is 1.43 bits per heavy atom. The van der Waals surface area contributed by atoms with Crippen molar-refractivity contribution in [1.82, 2.24) is 55.6 Å². The van der Waals surface area contributed by atoms with Crippen molar-refractivity contribution >= 4 is 76.7 Å². The largest absolute Gasteiger partial charge is 0.396 e. The van der Waals surface area contributed by atoms with Gasteiger partial charge in [0.1, 0.15) is 66.5 Å². The second-order valence-corrected chi connectivity index (χ2v) is 30.5. The average molecular weight is 1380 g/mol. The highest BCUT2D eigenvalue weighted by atomic mass is 32.2. The van der Waals surface area contributed by atoms with Crippen LogP contribution in [-0.2, 0) is 52.7 Å². The molecule has 26 heteroatoms. The van der Waals surface area contributed by atoms with Crippen LogP contribution < -0.4 is 21.3 Å². The maximum Gasteiger partial charge on any atom is 0.246 e. The third-order valence-electron chi connectivity index (χ3n) is 18.3. The first-order chi connectivity index (χ1) is 44.4. The van der Waals surface area contributed by atoms with Gasteiger partial charge in [-0.25, -0.2) is 0 Å². The van der Waals surface area contributed by atoms with Gasteiger partial charge in [-0.3, -0.25) is 52.7 Å². The highest BCUT2D eigenvalue weighted by molar-refractivity contribution is 7.99. The number of nitrogens with one attached hydrogen (secondary N) is 4. The third kappa shape index (κ3) is 25.8. The van der Waals surface area contributed by atoms with Crippen molar-refractivity contribution in [3.8, 4) is 0 Å². The quantitative estimate of drug-likeness (QED) is 0.0555. The number of carbonyl (C=O) groups is 11. The zero-order valence-corrected chi connectivity index (χ0v) is 63.8. The normalized spacial score (nSPS) is 26.4. The molecule has 1 saturated heterocycles. The summed E-state index contributed by atoms with van der Waals surface area (Å²) in [4.78, 5) is 173. The summed E-state index contributed by atoms with van der Waals surface area (Å²) < 4.78 is 0. The van der Waals surface area contributed by atoms with Gasteiger partial charge in [-0.1, -0.05) is 109 Å². The highest BCUT2D eigenvalue weighted by Crippen LogP contribution is 2.27. The Kier molecular flexibility index (Phi) is 37.5. The first kappa shape index (κ1) is 88.2. The summed E-state index contributed by atoms with van der Waals surface area (Å²) in [6, 6.07) is -14.6. The number of allylic oxidation sites excluding steroid dienone is 2. The van der Waals surface area contributed by atoms with Crippen LogP contribution in [0.15, 0.2) is 12.2 Å². The molecule has 96 heavy (non-hydrogen) atoms. The lowest BCUT2D eigenvalue weighted by Crippen LogP contribution is -2.64. The molecule has 11 amide bonds. The predicted octanol–water partition coefficient (Wildman–Crippen LogP) is 4.28. The molecule has 0 bridgehead atoms. The standard InChI is InChI=1S/C70H127N11O14S/c1-26-29-31-45(14)58(83)57-62(87)73-49(28-3)64(89)79(23)54(39-96-33-32-48(38-82)30-27-2)67(92)78(22)53(37-70(17,18)95)61(86)74-55(43(10)11)68(93)75(19)50(34-40(4)5)60(85)71-46(15)59(84)72-47(16)63(88)76(20)51(35-41(6)7)65(90)77(21)52(36-42(8)9)66(91)80(24)56(44(12)13)69(94)81(57)25/h26,29,40-58,82-83,95H,27-28,30-39H2,1-25H3,(H,71,85)(H,72,84)(H,73,87)(H,74,86)/b29-26+/t45-,46+,47-,48+,49+,50+,51+,52+,53+,54-,55+,56+,57+,58-/m1/s1. The summed E-state index contributed by atoms with van der Waals surface area (Å²) in [6.07, 6.45) is 4.42. The molecule has 25 nitrogen and oxygen atoms in total. The Hall–Kier alpha value is -5.86. The summed E-state index contributed by atoms with van der Waals surface area (Å²) in [5.41, 5.74) is -1.60. The summed E-state index contributed by atoms with van der Waals surface area (Å²) in [5, 5.41) is 44.9. The van der Waals surface area contributed by atoms with E-state index in [2.05, 4.69) is 21.3 Å². The fourth-order valence-electron chi connectivity index (χ4n) is 12.2. The summed E-state index contributed by atoms with van der Waals surface area (Å²) >= 11 is 1.33. The first-order valence-corrected chi connectivity index (χ1v) is 35.8. The van der Waals surface area contributed by atoms with Crippen molar-refractivity contribution < 1.29 is 68.1 Å². The van der Waals surface area contributed by atoms with Gasteiger partial charge in [0.2, 0.25) is 65.0 Å². The number of aliphatic hydroxyl groups excluding tert-OH is 2. The van der Waals surface area contributed by atoms with E-state index in [-0.39, 0.29) is 74.6 Å². The van der Waals surface area contributed by atoms with E-state index in [1.54, 1.807) is 60.6 Å². The summed E-state index contributed by atoms with van der Waals surface area (Å²) in [6.45, 7) is 30.8. The Morgan fingerprint density at radius 2 is 0.958 bits per heavy atom. The molecular formula is C70H127N11O14S. The monoisotopic (exact) mass is 1380 g/mol. The number of hydrogen-bond donors (Lipinski definition) is 7. The van der Waals surface area contributed by atoms with Crippen LogP contribution in [0.2, 0.25) is 0 Å². The van der Waals surface area contributed by atoms with E-state index in [1.807, 2.05) is 48.5 Å². The number of aliphatic hydroxyl groups is 3. The SMILES string of the molecule is C/C=C/C[C@@H](C)[C@@H](O)[C@H]1C(=O)N[C@@H](CC)C(=O)N(C)[C@H](CSCC[C@@H](CO)CCC)C(=O)N(C)[C@@H](CC(C)(C)O)C(=O)N[C@@H](C(C)C)C(=O)N(C)[C@@H](CC(C)C)C(=O)N[C@@H](C)C(=O)N[C@H](C)C(=O)N(C)[C@@H](CC(C)C)C(=O)N(C)[C@@H](CC(C)C)C(=O)N(C)[C@@H](C(C)C)C(=O)N1C. The maximum absolute atomic E-state index is 15.4. The number of nitrogens with zero attached hydrogens (tertiary/aromatic N) is 7. The van der Waals surface area contributed by atoms with Crippen molar-refractivity contribution in [3.05, 3.63) is 12.2 Å². The zero-order chi connectivity index (χ0) is 74.3. The fourth-order valence-corrected chi connectivity index (χ4v) is 13.4. The average Bonchev–Trinajstić information content (AvgIpc) is 0.810. The minimum Gasteiger partial charge on any atom is -0.396 e. The van der Waals surface area contributed by atoms with Crippen LogP contribution >= 0.6 is 11.8 Å². The number of carbonyl (C=O) groups excluding carboxylic acids is 11. The highest BCUT2D eigenvalue weighted by Gasteiger charge is 2.47. The molecule has 0 aliphatic carbocycles. The van der Waals surface area contributed by atoms with Gasteiger partial charge < -0.3 is 70.9 Å². The van der Waals surface area contributed by atoms with E-state index in [0.717, 1.165) is 22.6 Å². The Bertz CT molecular complexity index is 2600. The van der Waals surface area contributed by atoms with Gasteiger partial charge in [0.15, 0.2) is 0 Å². The number of likely N-dealkylation sites (N-methyl/N-ethyl adjacent to an activating group) is 7. The van der Waals surface area contributed by atoms with E-state index < -0.39 is 161 Å². The van der Waals surface area contributed by atoms with Crippen LogP contribution in [0.3, 0.4) is 0 Å². The molecule has 0 radical (unpaired) electrons. The smallest absolute Gasteiger partial charge is 0.246 e. The van der Waals surface area contributed by atoms with Crippen LogP contribution in [0.5, 0.6) is 0 Å². The molecule has 1 aliphatic heterocycles. The Morgan fingerprint density at radius 1 is 0.510 bits per heavy atom.